The first kappa shape index (κ1) is 9.64. The lowest BCUT2D eigenvalue weighted by Gasteiger charge is -2.07. The van der Waals surface area contributed by atoms with Crippen LogP contribution in [0.2, 0.25) is 0 Å². The van der Waals surface area contributed by atoms with Crippen LogP contribution in [0.1, 0.15) is 5.56 Å². The fraction of sp³-hybridized carbons (Fsp3) is 0.111. The highest BCUT2D eigenvalue weighted by molar-refractivity contribution is 5.47. The molecule has 0 bridgehead atoms. The van der Waals surface area contributed by atoms with Gasteiger partial charge in [-0.15, -0.1) is 13.2 Å². The molecule has 0 N–H and O–H groups in total. The molecule has 1 aromatic rings. The maximum absolute atomic E-state index is 11.7. The molecule has 0 aromatic heterocycles. The third-order valence-corrected chi connectivity index (χ3v) is 1.27. The lowest BCUT2D eigenvalue weighted by Crippen LogP contribution is -2.17. The summed E-state index contributed by atoms with van der Waals surface area (Å²) in [4.78, 5) is 0. The Morgan fingerprint density at radius 2 is 2.08 bits per heavy atom. The summed E-state index contributed by atoms with van der Waals surface area (Å²) in [5.41, 5.74) is 0.689. The van der Waals surface area contributed by atoms with Crippen LogP contribution in [0.5, 0.6) is 5.75 Å². The first-order chi connectivity index (χ1) is 6.01. The first-order valence-electron chi connectivity index (χ1n) is 3.41. The minimum atomic E-state index is -4.66. The van der Waals surface area contributed by atoms with Crippen LogP contribution in [-0.2, 0) is 0 Å². The molecule has 0 fully saturated rings. The summed E-state index contributed by atoms with van der Waals surface area (Å²) in [5, 5.41) is 0. The van der Waals surface area contributed by atoms with Gasteiger partial charge in [0.2, 0.25) is 0 Å². The van der Waals surface area contributed by atoms with Crippen molar-refractivity contribution in [3.05, 3.63) is 36.4 Å². The van der Waals surface area contributed by atoms with Gasteiger partial charge in [-0.3, -0.25) is 0 Å². The van der Waals surface area contributed by atoms with Crippen LogP contribution in [0.15, 0.2) is 24.8 Å². The van der Waals surface area contributed by atoms with Crippen molar-refractivity contribution >= 4 is 6.08 Å². The molecule has 0 spiro atoms. The molecule has 0 aliphatic rings. The summed E-state index contributed by atoms with van der Waals surface area (Å²) in [5.74, 6) is -0.349. The second kappa shape index (κ2) is 3.51. The zero-order valence-corrected chi connectivity index (χ0v) is 6.56. The molecule has 0 aliphatic heterocycles. The second-order valence-corrected chi connectivity index (χ2v) is 2.24. The summed E-state index contributed by atoms with van der Waals surface area (Å²) < 4.78 is 38.6. The predicted molar refractivity (Wildman–Crippen MR) is 42.1 cm³/mol. The number of alkyl halides is 3. The Kier molecular flexibility index (Phi) is 2.60. The average Bonchev–Trinajstić information content (AvgIpc) is 2.03. The van der Waals surface area contributed by atoms with Crippen molar-refractivity contribution in [2.24, 2.45) is 0 Å². The van der Waals surface area contributed by atoms with E-state index < -0.39 is 6.36 Å². The van der Waals surface area contributed by atoms with E-state index in [4.69, 9.17) is 0 Å². The molecule has 0 unspecified atom stereocenters. The number of hydrogen-bond donors (Lipinski definition) is 0. The van der Waals surface area contributed by atoms with Gasteiger partial charge in [0, 0.05) is 6.07 Å². The topological polar surface area (TPSA) is 9.23 Å². The van der Waals surface area contributed by atoms with Gasteiger partial charge in [-0.1, -0.05) is 18.7 Å². The molecule has 1 rings (SSSR count). The first-order valence-corrected chi connectivity index (χ1v) is 3.41. The smallest absolute Gasteiger partial charge is 0.405 e. The van der Waals surface area contributed by atoms with E-state index in [2.05, 4.69) is 17.4 Å². The zero-order chi connectivity index (χ0) is 9.90. The molecule has 1 aromatic carbocycles. The Bertz CT molecular complexity index is 287. The van der Waals surface area contributed by atoms with Gasteiger partial charge in [0.25, 0.3) is 0 Å². The molecular weight excluding hydrogens is 181 g/mol. The number of halogens is 3. The van der Waals surface area contributed by atoms with Crippen molar-refractivity contribution in [3.63, 3.8) is 0 Å². The molecule has 0 saturated heterocycles. The highest BCUT2D eigenvalue weighted by atomic mass is 19.4. The molecule has 4 heteroatoms. The molecule has 1 radical (unpaired) electrons. The van der Waals surface area contributed by atoms with E-state index >= 15 is 0 Å². The minimum absolute atomic E-state index is 0.349. The van der Waals surface area contributed by atoms with Gasteiger partial charge >= 0.3 is 6.36 Å². The molecular formula is C9H6F3O. The molecule has 1 nitrogen and oxygen atoms in total. The van der Waals surface area contributed by atoms with E-state index in [1.165, 1.54) is 24.3 Å². The van der Waals surface area contributed by atoms with Crippen molar-refractivity contribution < 1.29 is 17.9 Å². The standard InChI is InChI=1S/C9H6F3O/c1-2-7-3-5-8(6-4-7)13-9(10,11)12/h2-5H,1H2. The van der Waals surface area contributed by atoms with Crippen LogP contribution in [0.4, 0.5) is 13.2 Å². The van der Waals surface area contributed by atoms with Crippen LogP contribution in [0.3, 0.4) is 0 Å². The van der Waals surface area contributed by atoms with Crippen LogP contribution >= 0.6 is 0 Å². The van der Waals surface area contributed by atoms with Gasteiger partial charge in [0.05, 0.1) is 0 Å². The van der Waals surface area contributed by atoms with E-state index in [1.807, 2.05) is 0 Å². The third kappa shape index (κ3) is 3.19. The van der Waals surface area contributed by atoms with Gasteiger partial charge in [-0.05, 0) is 17.7 Å². The highest BCUT2D eigenvalue weighted by Gasteiger charge is 2.30. The lowest BCUT2D eigenvalue weighted by molar-refractivity contribution is -0.274. The maximum atomic E-state index is 11.7. The SMILES string of the molecule is C=Cc1c[c]c(OC(F)(F)F)cc1. The number of ether oxygens (including phenoxy) is 1. The Hall–Kier alpha value is -1.45. The Morgan fingerprint density at radius 3 is 2.46 bits per heavy atom. The largest absolute Gasteiger partial charge is 0.573 e. The molecule has 0 atom stereocenters. The summed E-state index contributed by atoms with van der Waals surface area (Å²) in [6.07, 6.45) is -3.15. The average molecular weight is 187 g/mol. The van der Waals surface area contributed by atoms with Crippen LogP contribution in [0, 0.1) is 6.07 Å². The van der Waals surface area contributed by atoms with Crippen molar-refractivity contribution in [2.75, 3.05) is 0 Å². The molecule has 0 saturated carbocycles. The van der Waals surface area contributed by atoms with E-state index in [-0.39, 0.29) is 5.75 Å². The van der Waals surface area contributed by atoms with E-state index in [1.54, 1.807) is 0 Å². The Morgan fingerprint density at radius 1 is 1.38 bits per heavy atom. The number of rotatable bonds is 2. The van der Waals surface area contributed by atoms with Crippen LogP contribution in [-0.4, -0.2) is 6.36 Å². The van der Waals surface area contributed by atoms with Gasteiger partial charge in [0.1, 0.15) is 5.75 Å². The van der Waals surface area contributed by atoms with Crippen molar-refractivity contribution in [3.8, 4) is 5.75 Å². The monoisotopic (exact) mass is 187 g/mol. The Labute approximate surface area is 73.4 Å². The Balaban J connectivity index is 2.75. The van der Waals surface area contributed by atoms with Crippen LogP contribution in [0.25, 0.3) is 6.08 Å². The fourth-order valence-electron chi connectivity index (χ4n) is 0.738. The van der Waals surface area contributed by atoms with Gasteiger partial charge < -0.3 is 4.74 Å². The van der Waals surface area contributed by atoms with Crippen molar-refractivity contribution in [2.45, 2.75) is 6.36 Å². The minimum Gasteiger partial charge on any atom is -0.405 e. The van der Waals surface area contributed by atoms with Gasteiger partial charge in [0.15, 0.2) is 0 Å². The van der Waals surface area contributed by atoms with Gasteiger partial charge in [-0.2, -0.15) is 0 Å². The molecule has 0 amide bonds. The quantitative estimate of drug-likeness (QED) is 0.691. The summed E-state index contributed by atoms with van der Waals surface area (Å²) in [7, 11) is 0. The molecule has 0 aliphatic carbocycles. The van der Waals surface area contributed by atoms with Crippen molar-refractivity contribution in [1.29, 1.82) is 0 Å². The molecule has 13 heavy (non-hydrogen) atoms. The lowest BCUT2D eigenvalue weighted by atomic mass is 10.2. The van der Waals surface area contributed by atoms with E-state index in [9.17, 15) is 13.2 Å². The molecule has 69 valence electrons. The summed E-state index contributed by atoms with van der Waals surface area (Å²) in [6, 6.07) is 6.35. The maximum Gasteiger partial charge on any atom is 0.573 e. The van der Waals surface area contributed by atoms with Crippen molar-refractivity contribution in [1.82, 2.24) is 0 Å². The predicted octanol–water partition coefficient (Wildman–Crippen LogP) is 3.03. The zero-order valence-electron chi connectivity index (χ0n) is 6.56. The summed E-state index contributed by atoms with van der Waals surface area (Å²) >= 11 is 0. The fourth-order valence-corrected chi connectivity index (χ4v) is 0.738. The number of benzene rings is 1. The van der Waals surface area contributed by atoms with E-state index in [0.717, 1.165) is 0 Å². The van der Waals surface area contributed by atoms with Gasteiger partial charge in [-0.25, -0.2) is 0 Å². The third-order valence-electron chi connectivity index (χ3n) is 1.27. The summed E-state index contributed by atoms with van der Waals surface area (Å²) in [6.45, 7) is 3.45. The normalized spacial score (nSPS) is 11.0. The second-order valence-electron chi connectivity index (χ2n) is 2.24. The van der Waals surface area contributed by atoms with E-state index in [0.29, 0.717) is 5.56 Å². The highest BCUT2D eigenvalue weighted by Crippen LogP contribution is 2.22. The molecule has 0 heterocycles. The van der Waals surface area contributed by atoms with Crippen LogP contribution < -0.4 is 4.74 Å². The number of hydrogen-bond acceptors (Lipinski definition) is 1.